The number of amides is 2. The summed E-state index contributed by atoms with van der Waals surface area (Å²) in [4.78, 5) is 25.1. The van der Waals surface area contributed by atoms with Crippen molar-refractivity contribution in [3.8, 4) is 11.3 Å². The lowest BCUT2D eigenvalue weighted by atomic mass is 10.1. The van der Waals surface area contributed by atoms with E-state index in [-0.39, 0.29) is 5.91 Å². The van der Waals surface area contributed by atoms with Crippen LogP contribution in [-0.2, 0) is 0 Å². The van der Waals surface area contributed by atoms with Crippen LogP contribution in [0.15, 0.2) is 88.5 Å². The largest absolute Gasteiger partial charge is 0.360 e. The Labute approximate surface area is 195 Å². The molecular weight excluding hydrogens is 435 g/mol. The molecule has 2 N–H and O–H groups in total. The Kier molecular flexibility index (Phi) is 6.59. The summed E-state index contributed by atoms with van der Waals surface area (Å²) in [5.74, 6) is -0.785. The van der Waals surface area contributed by atoms with E-state index in [2.05, 4.69) is 21.0 Å². The highest BCUT2D eigenvalue weighted by atomic mass is 19.1. The molecule has 0 spiro atoms. The Balaban J connectivity index is 1.43. The fourth-order valence-corrected chi connectivity index (χ4v) is 3.29. The molecule has 170 valence electrons. The highest BCUT2D eigenvalue weighted by Crippen LogP contribution is 2.25. The first-order valence-corrected chi connectivity index (χ1v) is 10.5. The van der Waals surface area contributed by atoms with Gasteiger partial charge in [0, 0.05) is 16.8 Å². The van der Waals surface area contributed by atoms with Gasteiger partial charge in [-0.15, -0.1) is 0 Å². The van der Waals surface area contributed by atoms with Gasteiger partial charge in [-0.1, -0.05) is 47.6 Å². The van der Waals surface area contributed by atoms with E-state index >= 15 is 0 Å². The number of rotatable bonds is 6. The predicted octanol–water partition coefficient (Wildman–Crippen LogP) is 5.20. The van der Waals surface area contributed by atoms with Crippen LogP contribution >= 0.6 is 0 Å². The first-order valence-electron chi connectivity index (χ1n) is 10.5. The number of anilines is 1. The van der Waals surface area contributed by atoms with E-state index < -0.39 is 11.7 Å². The maximum Gasteiger partial charge on any atom is 0.277 e. The Morgan fingerprint density at radius 1 is 0.882 bits per heavy atom. The summed E-state index contributed by atoms with van der Waals surface area (Å²) in [6.45, 7) is 3.43. The third-order valence-electron chi connectivity index (χ3n) is 5.13. The van der Waals surface area contributed by atoms with Gasteiger partial charge in [0.2, 0.25) is 0 Å². The second kappa shape index (κ2) is 9.91. The molecule has 0 aliphatic heterocycles. The van der Waals surface area contributed by atoms with Crippen LogP contribution in [0.1, 0.15) is 39.0 Å². The molecule has 0 saturated carbocycles. The van der Waals surface area contributed by atoms with E-state index in [1.54, 1.807) is 38.1 Å². The molecule has 7 nitrogen and oxygen atoms in total. The van der Waals surface area contributed by atoms with Crippen molar-refractivity contribution in [2.24, 2.45) is 5.10 Å². The van der Waals surface area contributed by atoms with Crippen molar-refractivity contribution >= 4 is 23.2 Å². The van der Waals surface area contributed by atoms with E-state index in [4.69, 9.17) is 4.52 Å². The molecule has 34 heavy (non-hydrogen) atoms. The number of hydrazone groups is 1. The molecule has 0 saturated heterocycles. The third-order valence-corrected chi connectivity index (χ3v) is 5.13. The molecule has 0 aliphatic carbocycles. The van der Waals surface area contributed by atoms with E-state index in [1.165, 1.54) is 24.3 Å². The summed E-state index contributed by atoms with van der Waals surface area (Å²) in [5.41, 5.74) is 6.34. The second-order valence-corrected chi connectivity index (χ2v) is 7.50. The highest BCUT2D eigenvalue weighted by Gasteiger charge is 2.21. The van der Waals surface area contributed by atoms with Gasteiger partial charge in [-0.05, 0) is 55.8 Å². The van der Waals surface area contributed by atoms with E-state index in [0.717, 1.165) is 11.1 Å². The van der Waals surface area contributed by atoms with Crippen molar-refractivity contribution in [2.45, 2.75) is 13.8 Å². The molecule has 1 heterocycles. The van der Waals surface area contributed by atoms with Gasteiger partial charge >= 0.3 is 0 Å². The topological polar surface area (TPSA) is 96.6 Å². The molecule has 0 atom stereocenters. The van der Waals surface area contributed by atoms with Crippen molar-refractivity contribution in [2.75, 3.05) is 5.32 Å². The van der Waals surface area contributed by atoms with E-state index in [1.807, 2.05) is 30.3 Å². The molecule has 0 unspecified atom stereocenters. The molecule has 8 heteroatoms. The molecule has 3 aromatic carbocycles. The standard InChI is InChI=1S/C26H21FN4O3/c1-16(18-10-14-22(15-11-18)28-25(32)20-8-12-21(27)13-9-20)29-30-26(33)23-17(2)34-31-24(23)19-6-4-3-5-7-19/h3-15H,1-2H3,(H,28,32)(H,30,33)/b29-16+. The number of aryl methyl sites for hydroxylation is 1. The quantitative estimate of drug-likeness (QED) is 0.308. The molecule has 0 fully saturated rings. The summed E-state index contributed by atoms with van der Waals surface area (Å²) in [6.07, 6.45) is 0. The number of benzene rings is 3. The van der Waals surface area contributed by atoms with Gasteiger partial charge in [0.1, 0.15) is 22.8 Å². The fourth-order valence-electron chi connectivity index (χ4n) is 3.29. The van der Waals surface area contributed by atoms with Crippen LogP contribution < -0.4 is 10.7 Å². The number of nitrogens with one attached hydrogen (secondary N) is 2. The number of halogens is 1. The highest BCUT2D eigenvalue weighted by molar-refractivity contribution is 6.05. The molecule has 0 radical (unpaired) electrons. The van der Waals surface area contributed by atoms with Crippen LogP contribution in [0.3, 0.4) is 0 Å². The van der Waals surface area contributed by atoms with Gasteiger partial charge in [-0.2, -0.15) is 5.10 Å². The van der Waals surface area contributed by atoms with Gasteiger partial charge in [0.25, 0.3) is 11.8 Å². The maximum atomic E-state index is 13.0. The normalized spacial score (nSPS) is 11.2. The summed E-state index contributed by atoms with van der Waals surface area (Å²) in [6, 6.07) is 21.6. The number of hydrogen-bond acceptors (Lipinski definition) is 5. The minimum absolute atomic E-state index is 0.321. The summed E-state index contributed by atoms with van der Waals surface area (Å²) >= 11 is 0. The van der Waals surface area contributed by atoms with Gasteiger partial charge in [0.15, 0.2) is 0 Å². The summed E-state index contributed by atoms with van der Waals surface area (Å²) in [7, 11) is 0. The number of carbonyl (C=O) groups excluding carboxylic acids is 2. The van der Waals surface area contributed by atoms with Crippen LogP contribution in [-0.4, -0.2) is 22.7 Å². The Morgan fingerprint density at radius 2 is 1.53 bits per heavy atom. The number of hydrogen-bond donors (Lipinski definition) is 2. The second-order valence-electron chi connectivity index (χ2n) is 7.50. The summed E-state index contributed by atoms with van der Waals surface area (Å²) < 4.78 is 18.3. The monoisotopic (exact) mass is 456 g/mol. The maximum absolute atomic E-state index is 13.0. The minimum Gasteiger partial charge on any atom is -0.360 e. The average Bonchev–Trinajstić information content (AvgIpc) is 3.25. The zero-order valence-corrected chi connectivity index (χ0v) is 18.5. The first kappa shape index (κ1) is 22.6. The van der Waals surface area contributed by atoms with Crippen LogP contribution in [0.5, 0.6) is 0 Å². The number of aromatic nitrogens is 1. The fraction of sp³-hybridized carbons (Fsp3) is 0.0769. The number of nitrogens with zero attached hydrogens (tertiary/aromatic N) is 2. The van der Waals surface area contributed by atoms with Crippen molar-refractivity contribution in [3.05, 3.63) is 107 Å². The van der Waals surface area contributed by atoms with Crippen molar-refractivity contribution in [3.63, 3.8) is 0 Å². The molecule has 4 aromatic rings. The zero-order chi connectivity index (χ0) is 24.1. The van der Waals surface area contributed by atoms with E-state index in [9.17, 15) is 14.0 Å². The van der Waals surface area contributed by atoms with Crippen LogP contribution in [0.4, 0.5) is 10.1 Å². The molecule has 0 bridgehead atoms. The first-order chi connectivity index (χ1) is 16.4. The van der Waals surface area contributed by atoms with Gasteiger partial charge < -0.3 is 9.84 Å². The van der Waals surface area contributed by atoms with Gasteiger partial charge in [-0.25, -0.2) is 9.82 Å². The van der Waals surface area contributed by atoms with Crippen LogP contribution in [0.2, 0.25) is 0 Å². The SMILES string of the molecule is C/C(=N\NC(=O)c1c(-c2ccccc2)noc1C)c1ccc(NC(=O)c2ccc(F)cc2)cc1. The minimum atomic E-state index is -0.430. The molecule has 0 aliphatic rings. The lowest BCUT2D eigenvalue weighted by Crippen LogP contribution is -2.20. The average molecular weight is 456 g/mol. The molecular formula is C26H21FN4O3. The van der Waals surface area contributed by atoms with Crippen molar-refractivity contribution < 1.29 is 18.5 Å². The molecule has 2 amide bonds. The molecule has 4 rings (SSSR count). The third kappa shape index (κ3) is 5.07. The Bertz CT molecular complexity index is 1350. The smallest absolute Gasteiger partial charge is 0.277 e. The van der Waals surface area contributed by atoms with Crippen LogP contribution in [0.25, 0.3) is 11.3 Å². The Hall–Kier alpha value is -4.59. The Morgan fingerprint density at radius 3 is 2.21 bits per heavy atom. The predicted molar refractivity (Wildman–Crippen MR) is 127 cm³/mol. The van der Waals surface area contributed by atoms with Gasteiger partial charge in [0.05, 0.1) is 5.71 Å². The van der Waals surface area contributed by atoms with Crippen molar-refractivity contribution in [1.29, 1.82) is 0 Å². The summed E-state index contributed by atoms with van der Waals surface area (Å²) in [5, 5.41) is 11.0. The van der Waals surface area contributed by atoms with Crippen LogP contribution in [0, 0.1) is 12.7 Å². The van der Waals surface area contributed by atoms with Crippen molar-refractivity contribution in [1.82, 2.24) is 10.6 Å². The number of carbonyl (C=O) groups is 2. The van der Waals surface area contributed by atoms with E-state index in [0.29, 0.717) is 34.0 Å². The lowest BCUT2D eigenvalue weighted by Gasteiger charge is -2.07. The van der Waals surface area contributed by atoms with Gasteiger partial charge in [-0.3, -0.25) is 9.59 Å². The molecule has 1 aromatic heterocycles. The zero-order valence-electron chi connectivity index (χ0n) is 18.5. The lowest BCUT2D eigenvalue weighted by molar-refractivity contribution is 0.0953.